The Morgan fingerprint density at radius 2 is 1.85 bits per heavy atom. The number of hydrogen-bond donors (Lipinski definition) is 3. The third-order valence-electron chi connectivity index (χ3n) is 3.70. The van der Waals surface area contributed by atoms with Crippen LogP contribution in [0, 0.1) is 5.82 Å². The Morgan fingerprint density at radius 1 is 1.07 bits per heavy atom. The van der Waals surface area contributed by atoms with Crippen LogP contribution in [0.4, 0.5) is 10.1 Å². The summed E-state index contributed by atoms with van der Waals surface area (Å²) >= 11 is 0. The molecule has 0 atom stereocenters. The van der Waals surface area contributed by atoms with Crippen LogP contribution < -0.4 is 16.0 Å². The lowest BCUT2D eigenvalue weighted by atomic mass is 10.2. The van der Waals surface area contributed by atoms with Crippen molar-refractivity contribution in [3.63, 3.8) is 0 Å². The van der Waals surface area contributed by atoms with Crippen molar-refractivity contribution >= 4 is 35.6 Å². The van der Waals surface area contributed by atoms with Gasteiger partial charge in [-0.2, -0.15) is 0 Å². The molecule has 27 heavy (non-hydrogen) atoms. The molecule has 0 spiro atoms. The fraction of sp³-hybridized carbons (Fsp3) is 0.350. The Kier molecular flexibility index (Phi) is 11.4. The number of hydrogen-bond acceptors (Lipinski definition) is 3. The van der Waals surface area contributed by atoms with Crippen LogP contribution in [0.15, 0.2) is 53.5 Å². The van der Waals surface area contributed by atoms with Gasteiger partial charge in [0, 0.05) is 32.4 Å². The zero-order chi connectivity index (χ0) is 18.6. The highest BCUT2D eigenvalue weighted by Crippen LogP contribution is 2.09. The Morgan fingerprint density at radius 3 is 2.52 bits per heavy atom. The van der Waals surface area contributed by atoms with Gasteiger partial charge in [-0.1, -0.05) is 24.3 Å². The number of nitrogens with zero attached hydrogens (tertiary/aromatic N) is 1. The summed E-state index contributed by atoms with van der Waals surface area (Å²) in [7, 11) is 1.69. The quantitative estimate of drug-likeness (QED) is 0.219. The van der Waals surface area contributed by atoms with Crippen LogP contribution in [0.25, 0.3) is 0 Å². The molecule has 2 aromatic carbocycles. The van der Waals surface area contributed by atoms with Gasteiger partial charge in [0.15, 0.2) is 5.96 Å². The van der Waals surface area contributed by atoms with Gasteiger partial charge < -0.3 is 20.7 Å². The topological polar surface area (TPSA) is 57.7 Å². The van der Waals surface area contributed by atoms with Crippen LogP contribution in [0.2, 0.25) is 0 Å². The standard InChI is InChI=1S/C20H27FN4O.HI/c1-3-22-20(25-15-17-5-4-6-18(21)13-17)24-14-16-7-9-19(10-8-16)23-11-12-26-2;/h4-10,13,23H,3,11-12,14-15H2,1-2H3,(H2,22,24,25);1H. The molecule has 2 rings (SSSR count). The number of guanidine groups is 1. The molecule has 2 aromatic rings. The molecule has 0 bridgehead atoms. The number of anilines is 1. The molecule has 0 heterocycles. The van der Waals surface area contributed by atoms with Gasteiger partial charge >= 0.3 is 0 Å². The highest BCUT2D eigenvalue weighted by molar-refractivity contribution is 14.0. The molecule has 0 aliphatic carbocycles. The van der Waals surface area contributed by atoms with E-state index in [4.69, 9.17) is 4.74 Å². The molecule has 0 aliphatic rings. The number of rotatable bonds is 9. The summed E-state index contributed by atoms with van der Waals surface area (Å²) in [4.78, 5) is 4.51. The van der Waals surface area contributed by atoms with E-state index in [0.717, 1.165) is 29.9 Å². The summed E-state index contributed by atoms with van der Waals surface area (Å²) in [5, 5.41) is 9.79. The Labute approximate surface area is 177 Å². The average Bonchev–Trinajstić information content (AvgIpc) is 2.65. The average molecular weight is 486 g/mol. The van der Waals surface area contributed by atoms with Crippen LogP contribution in [0.1, 0.15) is 18.1 Å². The van der Waals surface area contributed by atoms with Crippen LogP contribution in [0.3, 0.4) is 0 Å². The highest BCUT2D eigenvalue weighted by atomic mass is 127. The largest absolute Gasteiger partial charge is 0.383 e. The van der Waals surface area contributed by atoms with E-state index in [2.05, 4.69) is 33.1 Å². The number of halogens is 2. The molecule has 0 aromatic heterocycles. The SMILES string of the molecule is CCNC(=NCc1cccc(F)c1)NCc1ccc(NCCOC)cc1.I. The normalized spacial score (nSPS) is 10.9. The first-order valence-corrected chi connectivity index (χ1v) is 8.79. The number of benzene rings is 2. The molecule has 0 unspecified atom stereocenters. The first-order valence-electron chi connectivity index (χ1n) is 8.79. The molecular weight excluding hydrogens is 458 g/mol. The second-order valence-corrected chi connectivity index (χ2v) is 5.80. The van der Waals surface area contributed by atoms with Crippen LogP contribution in [0.5, 0.6) is 0 Å². The Hall–Kier alpha value is -1.87. The summed E-state index contributed by atoms with van der Waals surface area (Å²) in [5.41, 5.74) is 3.06. The van der Waals surface area contributed by atoms with E-state index in [1.807, 2.05) is 25.1 Å². The van der Waals surface area contributed by atoms with Crippen LogP contribution >= 0.6 is 24.0 Å². The van der Waals surface area contributed by atoms with Gasteiger partial charge in [-0.05, 0) is 42.3 Å². The minimum atomic E-state index is -0.241. The number of nitrogens with one attached hydrogen (secondary N) is 3. The molecule has 0 saturated heterocycles. The zero-order valence-electron chi connectivity index (χ0n) is 15.8. The molecule has 0 radical (unpaired) electrons. The fourth-order valence-electron chi connectivity index (χ4n) is 2.37. The molecule has 3 N–H and O–H groups in total. The Bertz CT molecular complexity index is 695. The molecule has 7 heteroatoms. The van der Waals surface area contributed by atoms with Gasteiger partial charge in [0.05, 0.1) is 13.2 Å². The van der Waals surface area contributed by atoms with Crippen molar-refractivity contribution in [2.45, 2.75) is 20.0 Å². The lowest BCUT2D eigenvalue weighted by Gasteiger charge is -2.12. The third-order valence-corrected chi connectivity index (χ3v) is 3.70. The number of ether oxygens (including phenoxy) is 1. The highest BCUT2D eigenvalue weighted by Gasteiger charge is 2.00. The summed E-state index contributed by atoms with van der Waals surface area (Å²) in [6.45, 7) is 5.32. The van der Waals surface area contributed by atoms with Crippen molar-refractivity contribution in [3.05, 3.63) is 65.5 Å². The van der Waals surface area contributed by atoms with E-state index in [9.17, 15) is 4.39 Å². The van der Waals surface area contributed by atoms with Gasteiger partial charge in [-0.3, -0.25) is 0 Å². The lowest BCUT2D eigenvalue weighted by molar-refractivity contribution is 0.211. The minimum Gasteiger partial charge on any atom is -0.383 e. The smallest absolute Gasteiger partial charge is 0.191 e. The summed E-state index contributed by atoms with van der Waals surface area (Å²) < 4.78 is 18.3. The van der Waals surface area contributed by atoms with Gasteiger partial charge in [0.25, 0.3) is 0 Å². The van der Waals surface area contributed by atoms with Crippen LogP contribution in [-0.2, 0) is 17.8 Å². The van der Waals surface area contributed by atoms with Crippen molar-refractivity contribution in [2.75, 3.05) is 32.1 Å². The lowest BCUT2D eigenvalue weighted by Crippen LogP contribution is -2.36. The molecule has 0 amide bonds. The van der Waals surface area contributed by atoms with E-state index in [1.54, 1.807) is 13.2 Å². The van der Waals surface area contributed by atoms with E-state index in [1.165, 1.54) is 12.1 Å². The van der Waals surface area contributed by atoms with Crippen molar-refractivity contribution in [1.82, 2.24) is 10.6 Å². The fourth-order valence-corrected chi connectivity index (χ4v) is 2.37. The van der Waals surface area contributed by atoms with Gasteiger partial charge in [0.1, 0.15) is 5.82 Å². The first kappa shape index (κ1) is 23.2. The van der Waals surface area contributed by atoms with Crippen molar-refractivity contribution in [3.8, 4) is 0 Å². The van der Waals surface area contributed by atoms with E-state index >= 15 is 0 Å². The monoisotopic (exact) mass is 486 g/mol. The van der Waals surface area contributed by atoms with Gasteiger partial charge in [0.2, 0.25) is 0 Å². The maximum atomic E-state index is 13.2. The summed E-state index contributed by atoms with van der Waals surface area (Å²) in [5.74, 6) is 0.467. The molecule has 0 saturated carbocycles. The van der Waals surface area contributed by atoms with E-state index < -0.39 is 0 Å². The van der Waals surface area contributed by atoms with Gasteiger partial charge in [-0.25, -0.2) is 9.38 Å². The molecule has 0 aliphatic heterocycles. The second kappa shape index (κ2) is 13.3. The predicted molar refractivity (Wildman–Crippen MR) is 120 cm³/mol. The Balaban J connectivity index is 0.00000364. The van der Waals surface area contributed by atoms with Crippen molar-refractivity contribution in [2.24, 2.45) is 4.99 Å². The minimum absolute atomic E-state index is 0. The molecule has 0 fully saturated rings. The van der Waals surface area contributed by atoms with E-state index in [-0.39, 0.29) is 29.8 Å². The maximum Gasteiger partial charge on any atom is 0.191 e. The molecular formula is C20H28FIN4O. The second-order valence-electron chi connectivity index (χ2n) is 5.80. The summed E-state index contributed by atoms with van der Waals surface area (Å²) in [6.07, 6.45) is 0. The molecule has 5 nitrogen and oxygen atoms in total. The summed E-state index contributed by atoms with van der Waals surface area (Å²) in [6, 6.07) is 14.7. The van der Waals surface area contributed by atoms with E-state index in [0.29, 0.717) is 25.7 Å². The van der Waals surface area contributed by atoms with Crippen molar-refractivity contribution in [1.29, 1.82) is 0 Å². The van der Waals surface area contributed by atoms with Gasteiger partial charge in [-0.15, -0.1) is 24.0 Å². The predicted octanol–water partition coefficient (Wildman–Crippen LogP) is 3.76. The van der Waals surface area contributed by atoms with Crippen molar-refractivity contribution < 1.29 is 9.13 Å². The maximum absolute atomic E-state index is 13.2. The first-order chi connectivity index (χ1) is 12.7. The molecule has 148 valence electrons. The zero-order valence-corrected chi connectivity index (χ0v) is 18.1. The van der Waals surface area contributed by atoms with Crippen LogP contribution in [-0.4, -0.2) is 32.8 Å². The third kappa shape index (κ3) is 9.05. The number of aliphatic imine (C=N–C) groups is 1. The number of methoxy groups -OCH3 is 1.